The molecule has 0 aliphatic carbocycles. The predicted octanol–water partition coefficient (Wildman–Crippen LogP) is 0.761. The van der Waals surface area contributed by atoms with E-state index in [0.29, 0.717) is 18.9 Å². The number of carbonyl (C=O) groups is 2. The summed E-state index contributed by atoms with van der Waals surface area (Å²) in [7, 11) is 1.53. The Morgan fingerprint density at radius 1 is 1.35 bits per heavy atom. The van der Waals surface area contributed by atoms with E-state index in [1.54, 1.807) is 13.8 Å². The SMILES string of the molecule is CCOC(=O)c1c(C)noc1NC(=O)COCCOC. The Labute approximate surface area is 116 Å². The quantitative estimate of drug-likeness (QED) is 0.556. The number of rotatable bonds is 8. The molecule has 1 rings (SSSR count). The fraction of sp³-hybridized carbons (Fsp3) is 0.583. The second-order valence-electron chi connectivity index (χ2n) is 3.79. The van der Waals surface area contributed by atoms with E-state index >= 15 is 0 Å². The largest absolute Gasteiger partial charge is 0.462 e. The molecular formula is C12H18N2O6. The lowest BCUT2D eigenvalue weighted by molar-refractivity contribution is -0.121. The zero-order chi connectivity index (χ0) is 15.0. The van der Waals surface area contributed by atoms with Gasteiger partial charge in [0.15, 0.2) is 0 Å². The van der Waals surface area contributed by atoms with Crippen LogP contribution in [0.1, 0.15) is 23.0 Å². The predicted molar refractivity (Wildman–Crippen MR) is 68.5 cm³/mol. The van der Waals surface area contributed by atoms with Crippen LogP contribution in [0, 0.1) is 6.92 Å². The summed E-state index contributed by atoms with van der Waals surface area (Å²) < 4.78 is 19.6. The first-order valence-electron chi connectivity index (χ1n) is 6.10. The summed E-state index contributed by atoms with van der Waals surface area (Å²) in [5, 5.41) is 6.04. The topological polar surface area (TPSA) is 99.9 Å². The molecule has 0 aromatic carbocycles. The number of anilines is 1. The molecule has 20 heavy (non-hydrogen) atoms. The Morgan fingerprint density at radius 2 is 2.10 bits per heavy atom. The van der Waals surface area contributed by atoms with Gasteiger partial charge >= 0.3 is 5.97 Å². The summed E-state index contributed by atoms with van der Waals surface area (Å²) in [6.07, 6.45) is 0. The van der Waals surface area contributed by atoms with E-state index in [1.807, 2.05) is 0 Å². The highest BCUT2D eigenvalue weighted by Crippen LogP contribution is 2.20. The molecule has 1 N–H and O–H groups in total. The highest BCUT2D eigenvalue weighted by molar-refractivity contribution is 6.00. The van der Waals surface area contributed by atoms with Crippen LogP contribution in [0.5, 0.6) is 0 Å². The average Bonchev–Trinajstić information content (AvgIpc) is 2.76. The van der Waals surface area contributed by atoms with Gasteiger partial charge in [0.1, 0.15) is 12.2 Å². The molecule has 0 atom stereocenters. The summed E-state index contributed by atoms with van der Waals surface area (Å²) in [6.45, 7) is 4.00. The number of methoxy groups -OCH3 is 1. The third-order valence-corrected chi connectivity index (χ3v) is 2.26. The van der Waals surface area contributed by atoms with Crippen LogP contribution < -0.4 is 5.32 Å². The van der Waals surface area contributed by atoms with Crippen molar-refractivity contribution in [2.24, 2.45) is 0 Å². The van der Waals surface area contributed by atoms with E-state index < -0.39 is 11.9 Å². The second-order valence-corrected chi connectivity index (χ2v) is 3.79. The number of aryl methyl sites for hydroxylation is 1. The lowest BCUT2D eigenvalue weighted by atomic mass is 10.2. The Balaban J connectivity index is 2.59. The Bertz CT molecular complexity index is 457. The summed E-state index contributed by atoms with van der Waals surface area (Å²) in [5.74, 6) is -1.09. The van der Waals surface area contributed by atoms with Crippen LogP contribution >= 0.6 is 0 Å². The molecule has 1 aromatic heterocycles. The van der Waals surface area contributed by atoms with E-state index in [0.717, 1.165) is 0 Å². The van der Waals surface area contributed by atoms with Crippen LogP contribution in [0.2, 0.25) is 0 Å². The van der Waals surface area contributed by atoms with Crippen molar-refractivity contribution in [3.05, 3.63) is 11.3 Å². The molecule has 1 heterocycles. The standard InChI is InChI=1S/C12H18N2O6/c1-4-19-12(16)10-8(2)14-20-11(10)13-9(15)7-18-6-5-17-3/h4-7H2,1-3H3,(H,13,15). The van der Waals surface area contributed by atoms with Gasteiger partial charge in [0.2, 0.25) is 5.88 Å². The number of hydrogen-bond acceptors (Lipinski definition) is 7. The molecule has 0 bridgehead atoms. The minimum atomic E-state index is -0.596. The zero-order valence-corrected chi connectivity index (χ0v) is 11.7. The van der Waals surface area contributed by atoms with Crippen molar-refractivity contribution in [1.29, 1.82) is 0 Å². The molecule has 1 aromatic rings. The third-order valence-electron chi connectivity index (χ3n) is 2.26. The number of carbonyl (C=O) groups excluding carboxylic acids is 2. The van der Waals surface area contributed by atoms with Gasteiger partial charge in [-0.3, -0.25) is 10.1 Å². The molecule has 0 aliphatic rings. The first-order chi connectivity index (χ1) is 9.60. The minimum Gasteiger partial charge on any atom is -0.462 e. The van der Waals surface area contributed by atoms with Gasteiger partial charge in [0, 0.05) is 7.11 Å². The first kappa shape index (κ1) is 16.1. The maximum atomic E-state index is 11.7. The van der Waals surface area contributed by atoms with Crippen LogP contribution in [-0.2, 0) is 19.0 Å². The molecule has 8 nitrogen and oxygen atoms in total. The molecule has 0 unspecified atom stereocenters. The maximum Gasteiger partial charge on any atom is 0.345 e. The van der Waals surface area contributed by atoms with Crippen LogP contribution in [-0.4, -0.2) is 50.6 Å². The van der Waals surface area contributed by atoms with Gasteiger partial charge < -0.3 is 18.7 Å². The summed E-state index contributed by atoms with van der Waals surface area (Å²) in [5.41, 5.74) is 0.455. The van der Waals surface area contributed by atoms with Gasteiger partial charge in [-0.05, 0) is 13.8 Å². The lowest BCUT2D eigenvalue weighted by Crippen LogP contribution is -2.21. The zero-order valence-electron chi connectivity index (χ0n) is 11.7. The van der Waals surface area contributed by atoms with Crippen molar-refractivity contribution in [3.8, 4) is 0 Å². The average molecular weight is 286 g/mol. The molecule has 1 amide bonds. The van der Waals surface area contributed by atoms with Crippen LogP contribution in [0.15, 0.2) is 4.52 Å². The molecule has 0 aliphatic heterocycles. The molecule has 0 radical (unpaired) electrons. The van der Waals surface area contributed by atoms with Crippen molar-refractivity contribution in [1.82, 2.24) is 5.16 Å². The Kier molecular flexibility index (Phi) is 6.68. The van der Waals surface area contributed by atoms with Crippen LogP contribution in [0.25, 0.3) is 0 Å². The van der Waals surface area contributed by atoms with Crippen molar-refractivity contribution < 1.29 is 28.3 Å². The number of ether oxygens (including phenoxy) is 3. The number of hydrogen-bond donors (Lipinski definition) is 1. The summed E-state index contributed by atoms with van der Waals surface area (Å²) >= 11 is 0. The van der Waals surface area contributed by atoms with E-state index in [9.17, 15) is 9.59 Å². The molecule has 0 fully saturated rings. The van der Waals surface area contributed by atoms with Gasteiger partial charge in [-0.25, -0.2) is 4.79 Å². The van der Waals surface area contributed by atoms with Gasteiger partial charge in [0.05, 0.1) is 25.5 Å². The van der Waals surface area contributed by atoms with Gasteiger partial charge in [-0.2, -0.15) is 0 Å². The van der Waals surface area contributed by atoms with Crippen LogP contribution in [0.4, 0.5) is 5.88 Å². The molecular weight excluding hydrogens is 268 g/mol. The fourth-order valence-corrected chi connectivity index (χ4v) is 1.37. The molecule has 0 saturated heterocycles. The monoisotopic (exact) mass is 286 g/mol. The van der Waals surface area contributed by atoms with Crippen molar-refractivity contribution in [2.45, 2.75) is 13.8 Å². The van der Waals surface area contributed by atoms with Crippen molar-refractivity contribution >= 4 is 17.8 Å². The van der Waals surface area contributed by atoms with E-state index in [2.05, 4.69) is 10.5 Å². The minimum absolute atomic E-state index is 0.0405. The first-order valence-corrected chi connectivity index (χ1v) is 6.10. The normalized spacial score (nSPS) is 10.3. The molecule has 0 saturated carbocycles. The van der Waals surface area contributed by atoms with Gasteiger partial charge in [-0.15, -0.1) is 0 Å². The smallest absolute Gasteiger partial charge is 0.345 e. The second kappa shape index (κ2) is 8.28. The summed E-state index contributed by atoms with van der Waals surface area (Å²) in [6, 6.07) is 0. The summed E-state index contributed by atoms with van der Waals surface area (Å²) in [4.78, 5) is 23.3. The molecule has 8 heteroatoms. The number of nitrogens with one attached hydrogen (secondary N) is 1. The fourth-order valence-electron chi connectivity index (χ4n) is 1.37. The number of nitrogens with zero attached hydrogens (tertiary/aromatic N) is 1. The Hall–Kier alpha value is -1.93. The van der Waals surface area contributed by atoms with Gasteiger partial charge in [-0.1, -0.05) is 5.16 Å². The Morgan fingerprint density at radius 3 is 2.75 bits per heavy atom. The molecule has 0 spiro atoms. The lowest BCUT2D eigenvalue weighted by Gasteiger charge is -2.05. The number of amides is 1. The third kappa shape index (κ3) is 4.63. The molecule has 112 valence electrons. The van der Waals surface area contributed by atoms with Crippen LogP contribution in [0.3, 0.4) is 0 Å². The highest BCUT2D eigenvalue weighted by atomic mass is 16.5. The van der Waals surface area contributed by atoms with E-state index in [4.69, 9.17) is 18.7 Å². The van der Waals surface area contributed by atoms with E-state index in [1.165, 1.54) is 7.11 Å². The number of aromatic nitrogens is 1. The highest BCUT2D eigenvalue weighted by Gasteiger charge is 2.23. The maximum absolute atomic E-state index is 11.7. The van der Waals surface area contributed by atoms with Crippen molar-refractivity contribution in [3.63, 3.8) is 0 Å². The van der Waals surface area contributed by atoms with Crippen molar-refractivity contribution in [2.75, 3.05) is 38.9 Å². The number of esters is 1. The van der Waals surface area contributed by atoms with E-state index in [-0.39, 0.29) is 24.7 Å². The van der Waals surface area contributed by atoms with Gasteiger partial charge in [0.25, 0.3) is 5.91 Å².